The highest BCUT2D eigenvalue weighted by Gasteiger charge is 2.18. The van der Waals surface area contributed by atoms with Crippen LogP contribution in [0, 0.1) is 11.3 Å². The maximum Gasteiger partial charge on any atom is 0.144 e. The first-order valence-electron chi connectivity index (χ1n) is 6.77. The quantitative estimate of drug-likeness (QED) is 0.845. The van der Waals surface area contributed by atoms with Crippen LogP contribution in [0.4, 0.5) is 5.82 Å². The lowest BCUT2D eigenvalue weighted by atomic mass is 10.1. The molecule has 1 aliphatic heterocycles. The summed E-state index contributed by atoms with van der Waals surface area (Å²) in [5, 5.41) is 16.0. The van der Waals surface area contributed by atoms with Gasteiger partial charge in [-0.25, -0.2) is 4.98 Å². The molecule has 1 fully saturated rings. The van der Waals surface area contributed by atoms with Crippen LogP contribution in [0.2, 0.25) is 0 Å². The molecule has 1 aromatic rings. The Morgan fingerprint density at radius 2 is 2.39 bits per heavy atom. The van der Waals surface area contributed by atoms with Crippen molar-refractivity contribution in [2.45, 2.75) is 38.1 Å². The number of hydrogen-bond acceptors (Lipinski definition) is 4. The first kappa shape index (κ1) is 11.5. The van der Waals surface area contributed by atoms with E-state index in [-0.39, 0.29) is 0 Å². The number of nitrogens with one attached hydrogen (secondary N) is 2. The van der Waals surface area contributed by atoms with Gasteiger partial charge in [-0.3, -0.25) is 0 Å². The standard InChI is InChI=1S/C14H18N4/c15-8-11-7-10-3-1-5-13(10)18-14(11)17-9-12-4-2-6-16-12/h7,12,16H,1-6,9H2,(H,17,18). The molecule has 1 saturated heterocycles. The fourth-order valence-corrected chi connectivity index (χ4v) is 2.84. The predicted molar refractivity (Wildman–Crippen MR) is 70.5 cm³/mol. The van der Waals surface area contributed by atoms with Gasteiger partial charge in [0.25, 0.3) is 0 Å². The van der Waals surface area contributed by atoms with Gasteiger partial charge in [0.1, 0.15) is 11.9 Å². The number of aryl methyl sites for hydroxylation is 2. The molecule has 0 amide bonds. The zero-order valence-electron chi connectivity index (χ0n) is 10.5. The molecule has 0 saturated carbocycles. The fraction of sp³-hybridized carbons (Fsp3) is 0.571. The molecule has 1 atom stereocenters. The molecule has 0 aromatic carbocycles. The highest BCUT2D eigenvalue weighted by atomic mass is 15.0. The van der Waals surface area contributed by atoms with Crippen molar-refractivity contribution in [1.82, 2.24) is 10.3 Å². The van der Waals surface area contributed by atoms with Crippen molar-refractivity contribution in [2.75, 3.05) is 18.4 Å². The summed E-state index contributed by atoms with van der Waals surface area (Å²) in [6, 6.07) is 4.79. The van der Waals surface area contributed by atoms with E-state index in [4.69, 9.17) is 0 Å². The van der Waals surface area contributed by atoms with Crippen LogP contribution in [0.25, 0.3) is 0 Å². The Morgan fingerprint density at radius 3 is 3.17 bits per heavy atom. The fourth-order valence-electron chi connectivity index (χ4n) is 2.84. The highest BCUT2D eigenvalue weighted by molar-refractivity contribution is 5.55. The molecule has 1 aromatic heterocycles. The highest BCUT2D eigenvalue weighted by Crippen LogP contribution is 2.25. The summed E-state index contributed by atoms with van der Waals surface area (Å²) in [5.74, 6) is 0.770. The van der Waals surface area contributed by atoms with Gasteiger partial charge in [0.05, 0.1) is 5.56 Å². The Kier molecular flexibility index (Phi) is 3.16. The molecule has 4 heteroatoms. The largest absolute Gasteiger partial charge is 0.367 e. The Hall–Kier alpha value is -1.60. The molecule has 0 spiro atoms. The van der Waals surface area contributed by atoms with Crippen molar-refractivity contribution in [3.63, 3.8) is 0 Å². The normalized spacial score (nSPS) is 21.6. The molecular formula is C14H18N4. The monoisotopic (exact) mass is 242 g/mol. The van der Waals surface area contributed by atoms with Crippen LogP contribution in [0.15, 0.2) is 6.07 Å². The third-order valence-corrected chi connectivity index (χ3v) is 3.85. The number of fused-ring (bicyclic) bond motifs is 1. The first-order chi connectivity index (χ1) is 8.86. The van der Waals surface area contributed by atoms with E-state index in [1.165, 1.54) is 30.5 Å². The molecule has 0 bridgehead atoms. The predicted octanol–water partition coefficient (Wildman–Crippen LogP) is 1.61. The second-order valence-corrected chi connectivity index (χ2v) is 5.13. The number of rotatable bonds is 3. The second-order valence-electron chi connectivity index (χ2n) is 5.13. The topological polar surface area (TPSA) is 60.7 Å². The lowest BCUT2D eigenvalue weighted by molar-refractivity contribution is 0.632. The van der Waals surface area contributed by atoms with Gasteiger partial charge in [0.15, 0.2) is 0 Å². The second kappa shape index (κ2) is 4.95. The summed E-state index contributed by atoms with van der Waals surface area (Å²) < 4.78 is 0. The number of hydrogen-bond donors (Lipinski definition) is 2. The van der Waals surface area contributed by atoms with E-state index >= 15 is 0 Å². The van der Waals surface area contributed by atoms with Crippen molar-refractivity contribution >= 4 is 5.82 Å². The number of nitriles is 1. The summed E-state index contributed by atoms with van der Waals surface area (Å²) in [7, 11) is 0. The molecule has 4 nitrogen and oxygen atoms in total. The zero-order valence-corrected chi connectivity index (χ0v) is 10.5. The molecule has 94 valence electrons. The van der Waals surface area contributed by atoms with E-state index in [2.05, 4.69) is 21.7 Å². The summed E-state index contributed by atoms with van der Waals surface area (Å²) in [5.41, 5.74) is 3.13. The molecule has 18 heavy (non-hydrogen) atoms. The van der Waals surface area contributed by atoms with Gasteiger partial charge in [-0.05, 0) is 50.3 Å². The van der Waals surface area contributed by atoms with Crippen LogP contribution in [0.1, 0.15) is 36.1 Å². The molecule has 0 radical (unpaired) electrons. The van der Waals surface area contributed by atoms with E-state index in [9.17, 15) is 5.26 Å². The minimum atomic E-state index is 0.520. The number of anilines is 1. The first-order valence-corrected chi connectivity index (χ1v) is 6.77. The minimum Gasteiger partial charge on any atom is -0.367 e. The average Bonchev–Trinajstić information content (AvgIpc) is 3.05. The average molecular weight is 242 g/mol. The van der Waals surface area contributed by atoms with Gasteiger partial charge in [0, 0.05) is 18.3 Å². The summed E-state index contributed by atoms with van der Waals surface area (Å²) in [4.78, 5) is 4.62. The van der Waals surface area contributed by atoms with E-state index < -0.39 is 0 Å². The van der Waals surface area contributed by atoms with Gasteiger partial charge in [-0.15, -0.1) is 0 Å². The van der Waals surface area contributed by atoms with Crippen molar-refractivity contribution < 1.29 is 0 Å². The smallest absolute Gasteiger partial charge is 0.144 e. The SMILES string of the molecule is N#Cc1cc2c(nc1NCC1CCCN1)CCC2. The Labute approximate surface area is 107 Å². The van der Waals surface area contributed by atoms with Gasteiger partial charge in [-0.1, -0.05) is 0 Å². The van der Waals surface area contributed by atoms with E-state index in [0.717, 1.165) is 31.7 Å². The summed E-state index contributed by atoms with van der Waals surface area (Å²) >= 11 is 0. The van der Waals surface area contributed by atoms with Crippen LogP contribution in [0.3, 0.4) is 0 Å². The van der Waals surface area contributed by atoms with Crippen LogP contribution in [0.5, 0.6) is 0 Å². The Bertz CT molecular complexity index is 483. The molecule has 3 rings (SSSR count). The lowest BCUT2D eigenvalue weighted by Gasteiger charge is -2.14. The van der Waals surface area contributed by atoms with Crippen molar-refractivity contribution in [2.24, 2.45) is 0 Å². The Balaban J connectivity index is 1.76. The van der Waals surface area contributed by atoms with Gasteiger partial charge in [0.2, 0.25) is 0 Å². The van der Waals surface area contributed by atoms with E-state index in [1.54, 1.807) is 0 Å². The van der Waals surface area contributed by atoms with Crippen molar-refractivity contribution in [3.05, 3.63) is 22.9 Å². The number of nitrogens with zero attached hydrogens (tertiary/aromatic N) is 2. The third kappa shape index (κ3) is 2.19. The zero-order chi connectivity index (χ0) is 12.4. The molecule has 1 aliphatic carbocycles. The summed E-state index contributed by atoms with van der Waals surface area (Å²) in [6.45, 7) is 1.97. The minimum absolute atomic E-state index is 0.520. The Morgan fingerprint density at radius 1 is 1.44 bits per heavy atom. The van der Waals surface area contributed by atoms with E-state index in [1.807, 2.05) is 6.07 Å². The van der Waals surface area contributed by atoms with Crippen LogP contribution >= 0.6 is 0 Å². The van der Waals surface area contributed by atoms with Crippen LogP contribution in [-0.4, -0.2) is 24.1 Å². The van der Waals surface area contributed by atoms with Gasteiger partial charge in [-0.2, -0.15) is 5.26 Å². The number of aromatic nitrogens is 1. The molecule has 2 N–H and O–H groups in total. The van der Waals surface area contributed by atoms with Crippen LogP contribution in [-0.2, 0) is 12.8 Å². The van der Waals surface area contributed by atoms with Crippen molar-refractivity contribution in [1.29, 1.82) is 5.26 Å². The van der Waals surface area contributed by atoms with Crippen LogP contribution < -0.4 is 10.6 Å². The molecule has 2 heterocycles. The maximum absolute atomic E-state index is 9.20. The molecule has 1 unspecified atom stereocenters. The van der Waals surface area contributed by atoms with Crippen molar-refractivity contribution in [3.8, 4) is 6.07 Å². The molecular weight excluding hydrogens is 224 g/mol. The third-order valence-electron chi connectivity index (χ3n) is 3.85. The molecule has 2 aliphatic rings. The van der Waals surface area contributed by atoms with Gasteiger partial charge >= 0.3 is 0 Å². The lowest BCUT2D eigenvalue weighted by Crippen LogP contribution is -2.29. The summed E-state index contributed by atoms with van der Waals surface area (Å²) in [6.07, 6.45) is 5.74. The van der Waals surface area contributed by atoms with Gasteiger partial charge < -0.3 is 10.6 Å². The maximum atomic E-state index is 9.20. The number of pyridine rings is 1. The van der Waals surface area contributed by atoms with E-state index in [0.29, 0.717) is 11.6 Å².